The number of Topliss-reactive ketones (excluding diaryl/α,β-unsaturated/α-hetero) is 1. The zero-order chi connectivity index (χ0) is 18.5. The van der Waals surface area contributed by atoms with Crippen molar-refractivity contribution in [2.24, 2.45) is 0 Å². The van der Waals surface area contributed by atoms with Gasteiger partial charge in [0.25, 0.3) is 0 Å². The van der Waals surface area contributed by atoms with Crippen LogP contribution in [0.3, 0.4) is 0 Å². The fourth-order valence-corrected chi connectivity index (χ4v) is 3.27. The van der Waals surface area contributed by atoms with Crippen molar-refractivity contribution in [3.8, 4) is 5.69 Å². The van der Waals surface area contributed by atoms with E-state index in [0.29, 0.717) is 21.3 Å². The van der Waals surface area contributed by atoms with E-state index < -0.39 is 5.97 Å². The van der Waals surface area contributed by atoms with Crippen LogP contribution < -0.4 is 0 Å². The summed E-state index contributed by atoms with van der Waals surface area (Å²) in [5.41, 5.74) is 2.12. The Hall–Kier alpha value is -2.70. The van der Waals surface area contributed by atoms with Crippen LogP contribution in [0.1, 0.15) is 20.9 Å². The largest absolute Gasteiger partial charge is 0.454 e. The van der Waals surface area contributed by atoms with E-state index in [9.17, 15) is 9.59 Å². The van der Waals surface area contributed by atoms with Crippen LogP contribution in [-0.2, 0) is 9.53 Å². The predicted molar refractivity (Wildman–Crippen MR) is 102 cm³/mol. The third-order valence-electron chi connectivity index (χ3n) is 3.58. The Kier molecular flexibility index (Phi) is 5.65. The average molecular weight is 387 g/mol. The molecule has 0 spiro atoms. The van der Waals surface area contributed by atoms with Crippen molar-refractivity contribution in [1.29, 1.82) is 0 Å². The number of benzene rings is 1. The number of halogens is 1. The summed E-state index contributed by atoms with van der Waals surface area (Å²) in [5, 5.41) is 6.59. The molecule has 0 radical (unpaired) electrons. The van der Waals surface area contributed by atoms with Crippen molar-refractivity contribution >= 4 is 40.8 Å². The van der Waals surface area contributed by atoms with Gasteiger partial charge in [-0.2, -0.15) is 5.10 Å². The van der Waals surface area contributed by atoms with E-state index in [0.717, 1.165) is 5.69 Å². The molecule has 0 unspecified atom stereocenters. The van der Waals surface area contributed by atoms with E-state index in [-0.39, 0.29) is 12.4 Å². The van der Waals surface area contributed by atoms with E-state index in [1.807, 2.05) is 30.3 Å². The molecule has 0 aliphatic carbocycles. The van der Waals surface area contributed by atoms with Crippen LogP contribution in [0.15, 0.2) is 53.9 Å². The van der Waals surface area contributed by atoms with E-state index in [4.69, 9.17) is 16.3 Å². The number of rotatable bonds is 6. The number of carbonyl (C=O) groups excluding carboxylic acids is 2. The molecular weight excluding hydrogens is 372 g/mol. The van der Waals surface area contributed by atoms with Gasteiger partial charge in [-0.25, -0.2) is 9.48 Å². The van der Waals surface area contributed by atoms with Crippen LogP contribution >= 0.6 is 22.9 Å². The number of aromatic nitrogens is 2. The number of ether oxygens (including phenoxy) is 1. The number of ketones is 1. The smallest absolute Gasteiger partial charge is 0.331 e. The Labute approximate surface area is 159 Å². The molecule has 0 N–H and O–H groups in total. The first-order valence-corrected chi connectivity index (χ1v) is 9.04. The minimum Gasteiger partial charge on any atom is -0.454 e. The lowest BCUT2D eigenvalue weighted by Gasteiger charge is -2.02. The van der Waals surface area contributed by atoms with Gasteiger partial charge in [0, 0.05) is 11.6 Å². The zero-order valence-electron chi connectivity index (χ0n) is 13.9. The molecule has 132 valence electrons. The molecule has 0 aliphatic rings. The van der Waals surface area contributed by atoms with Gasteiger partial charge in [-0.3, -0.25) is 4.79 Å². The summed E-state index contributed by atoms with van der Waals surface area (Å²) in [7, 11) is 0. The number of carbonyl (C=O) groups is 2. The first kappa shape index (κ1) is 18.1. The van der Waals surface area contributed by atoms with E-state index in [1.54, 1.807) is 35.2 Å². The number of esters is 1. The Bertz CT molecular complexity index is 947. The molecule has 0 saturated heterocycles. The van der Waals surface area contributed by atoms with Gasteiger partial charge in [-0.1, -0.05) is 35.9 Å². The summed E-state index contributed by atoms with van der Waals surface area (Å²) in [5.74, 6) is -0.842. The van der Waals surface area contributed by atoms with Gasteiger partial charge in [0.2, 0.25) is 5.78 Å². The van der Waals surface area contributed by atoms with Crippen molar-refractivity contribution in [2.75, 3.05) is 6.61 Å². The van der Waals surface area contributed by atoms with Gasteiger partial charge < -0.3 is 4.74 Å². The van der Waals surface area contributed by atoms with Gasteiger partial charge >= 0.3 is 5.97 Å². The predicted octanol–water partition coefficient (Wildman–Crippen LogP) is 4.33. The topological polar surface area (TPSA) is 61.2 Å². The van der Waals surface area contributed by atoms with Crippen molar-refractivity contribution < 1.29 is 14.3 Å². The summed E-state index contributed by atoms with van der Waals surface area (Å²) >= 11 is 7.70. The summed E-state index contributed by atoms with van der Waals surface area (Å²) in [6.07, 6.45) is 2.79. The molecule has 0 bridgehead atoms. The van der Waals surface area contributed by atoms with Crippen molar-refractivity contribution in [3.63, 3.8) is 0 Å². The Morgan fingerprint density at radius 2 is 2.00 bits per heavy atom. The molecule has 5 nitrogen and oxygen atoms in total. The Balaban J connectivity index is 1.67. The minimum atomic E-state index is -0.613. The van der Waals surface area contributed by atoms with Crippen LogP contribution in [0.5, 0.6) is 0 Å². The zero-order valence-corrected chi connectivity index (χ0v) is 15.5. The first-order valence-electron chi connectivity index (χ1n) is 7.78. The second kappa shape index (κ2) is 8.12. The fourth-order valence-electron chi connectivity index (χ4n) is 2.29. The normalized spacial score (nSPS) is 11.0. The van der Waals surface area contributed by atoms with Gasteiger partial charge in [-0.05, 0) is 36.6 Å². The Morgan fingerprint density at radius 3 is 2.69 bits per heavy atom. The first-order chi connectivity index (χ1) is 12.6. The summed E-state index contributed by atoms with van der Waals surface area (Å²) in [4.78, 5) is 24.2. The van der Waals surface area contributed by atoms with Crippen LogP contribution in [0.25, 0.3) is 11.8 Å². The fraction of sp³-hybridized carbons (Fsp3) is 0.105. The molecule has 2 aromatic heterocycles. The van der Waals surface area contributed by atoms with Crippen molar-refractivity contribution in [1.82, 2.24) is 9.78 Å². The number of aryl methyl sites for hydroxylation is 1. The number of para-hydroxylation sites is 1. The molecule has 26 heavy (non-hydrogen) atoms. The van der Waals surface area contributed by atoms with Crippen molar-refractivity contribution in [3.05, 3.63) is 75.2 Å². The SMILES string of the molecule is Cc1nn(-c2ccccc2)c(Cl)c1/C=C/C(=O)OCC(=O)c1cccs1. The number of hydrogen-bond donors (Lipinski definition) is 0. The van der Waals surface area contributed by atoms with Crippen LogP contribution in [0, 0.1) is 6.92 Å². The second-order valence-corrected chi connectivity index (χ2v) is 6.68. The number of nitrogens with zero attached hydrogens (tertiary/aromatic N) is 2. The van der Waals surface area contributed by atoms with E-state index in [2.05, 4.69) is 5.10 Å². The summed E-state index contributed by atoms with van der Waals surface area (Å²) < 4.78 is 6.58. The summed E-state index contributed by atoms with van der Waals surface area (Å²) in [6.45, 7) is 1.51. The standard InChI is InChI=1S/C19H15ClN2O3S/c1-13-15(19(20)22(21-13)14-6-3-2-4-7-14)9-10-18(24)25-12-16(23)17-8-5-11-26-17/h2-11H,12H2,1H3/b10-9+. The highest BCUT2D eigenvalue weighted by atomic mass is 35.5. The van der Waals surface area contributed by atoms with E-state index in [1.165, 1.54) is 17.4 Å². The molecule has 0 aliphatic heterocycles. The molecule has 0 amide bonds. The highest BCUT2D eigenvalue weighted by Gasteiger charge is 2.13. The molecule has 1 aromatic carbocycles. The lowest BCUT2D eigenvalue weighted by atomic mass is 10.2. The monoisotopic (exact) mass is 386 g/mol. The quantitative estimate of drug-likeness (QED) is 0.359. The molecule has 2 heterocycles. The third-order valence-corrected chi connectivity index (χ3v) is 4.85. The van der Waals surface area contributed by atoms with E-state index >= 15 is 0 Å². The Morgan fingerprint density at radius 1 is 1.23 bits per heavy atom. The average Bonchev–Trinajstić information content (AvgIpc) is 3.28. The van der Waals surface area contributed by atoms with Crippen molar-refractivity contribution in [2.45, 2.75) is 6.92 Å². The lowest BCUT2D eigenvalue weighted by Crippen LogP contribution is -2.11. The van der Waals surface area contributed by atoms with Crippen LogP contribution in [-0.4, -0.2) is 28.1 Å². The molecule has 7 heteroatoms. The number of hydrogen-bond acceptors (Lipinski definition) is 5. The van der Waals surface area contributed by atoms with Crippen LogP contribution in [0.2, 0.25) is 5.15 Å². The highest BCUT2D eigenvalue weighted by molar-refractivity contribution is 7.12. The highest BCUT2D eigenvalue weighted by Crippen LogP contribution is 2.24. The van der Waals surface area contributed by atoms with Crippen LogP contribution in [0.4, 0.5) is 0 Å². The maximum absolute atomic E-state index is 11.9. The molecular formula is C19H15ClN2O3S. The molecule has 0 saturated carbocycles. The van der Waals surface area contributed by atoms with Gasteiger partial charge in [0.15, 0.2) is 6.61 Å². The van der Waals surface area contributed by atoms with Gasteiger partial charge in [-0.15, -0.1) is 11.3 Å². The summed E-state index contributed by atoms with van der Waals surface area (Å²) in [6, 6.07) is 12.9. The van der Waals surface area contributed by atoms with Gasteiger partial charge in [0.05, 0.1) is 16.3 Å². The molecule has 3 aromatic rings. The molecule has 0 fully saturated rings. The lowest BCUT2D eigenvalue weighted by molar-refractivity contribution is -0.136. The molecule has 0 atom stereocenters. The minimum absolute atomic E-state index is 0.229. The number of thiophene rings is 1. The second-order valence-electron chi connectivity index (χ2n) is 5.38. The third kappa shape index (κ3) is 4.09. The maximum atomic E-state index is 11.9. The van der Waals surface area contributed by atoms with Gasteiger partial charge in [0.1, 0.15) is 5.15 Å². The molecule has 3 rings (SSSR count). The maximum Gasteiger partial charge on any atom is 0.331 e.